The molecule has 0 atom stereocenters. The summed E-state index contributed by atoms with van der Waals surface area (Å²) in [5, 5.41) is 0.720. The third-order valence-corrected chi connectivity index (χ3v) is 3.61. The molecule has 2 aromatic rings. The standard InChI is InChI=1S/C13H16ClN3/c14-12-5-4-8-17-10-11(15-13(12)17)9-16-6-2-1-3-7-16/h4-5,8,10H,1-3,6-7,9H2. The molecule has 3 nitrogen and oxygen atoms in total. The number of imidazole rings is 1. The van der Waals surface area contributed by atoms with Gasteiger partial charge >= 0.3 is 0 Å². The quantitative estimate of drug-likeness (QED) is 0.816. The summed E-state index contributed by atoms with van der Waals surface area (Å²) in [6, 6.07) is 3.83. The Morgan fingerprint density at radius 3 is 2.82 bits per heavy atom. The Bertz CT molecular complexity index is 514. The summed E-state index contributed by atoms with van der Waals surface area (Å²) >= 11 is 6.12. The van der Waals surface area contributed by atoms with E-state index in [0.29, 0.717) is 0 Å². The lowest BCUT2D eigenvalue weighted by Gasteiger charge is -2.25. The van der Waals surface area contributed by atoms with E-state index in [0.717, 1.165) is 22.9 Å². The van der Waals surface area contributed by atoms with Gasteiger partial charge in [0.05, 0.1) is 10.7 Å². The van der Waals surface area contributed by atoms with Crippen LogP contribution in [0.4, 0.5) is 0 Å². The molecular weight excluding hydrogens is 234 g/mol. The van der Waals surface area contributed by atoms with Crippen LogP contribution in [0.5, 0.6) is 0 Å². The summed E-state index contributed by atoms with van der Waals surface area (Å²) in [6.07, 6.45) is 8.07. The Balaban J connectivity index is 1.83. The number of likely N-dealkylation sites (tertiary alicyclic amines) is 1. The molecule has 3 heterocycles. The molecule has 0 saturated carbocycles. The third-order valence-electron chi connectivity index (χ3n) is 3.32. The molecule has 1 aliphatic rings. The maximum atomic E-state index is 6.12. The zero-order valence-electron chi connectivity index (χ0n) is 9.77. The normalized spacial score (nSPS) is 17.7. The largest absolute Gasteiger partial charge is 0.306 e. The maximum absolute atomic E-state index is 6.12. The summed E-state index contributed by atoms with van der Waals surface area (Å²) < 4.78 is 2.00. The molecule has 4 heteroatoms. The minimum Gasteiger partial charge on any atom is -0.306 e. The summed E-state index contributed by atoms with van der Waals surface area (Å²) in [7, 11) is 0. The summed E-state index contributed by atoms with van der Waals surface area (Å²) in [5.74, 6) is 0. The fourth-order valence-corrected chi connectivity index (χ4v) is 2.66. The fourth-order valence-electron chi connectivity index (χ4n) is 2.45. The molecule has 0 aromatic carbocycles. The number of hydrogen-bond donors (Lipinski definition) is 0. The third kappa shape index (κ3) is 2.31. The lowest BCUT2D eigenvalue weighted by molar-refractivity contribution is 0.219. The van der Waals surface area contributed by atoms with E-state index < -0.39 is 0 Å². The molecule has 0 amide bonds. The van der Waals surface area contributed by atoms with Crippen molar-refractivity contribution in [2.75, 3.05) is 13.1 Å². The molecule has 0 N–H and O–H groups in total. The van der Waals surface area contributed by atoms with Gasteiger partial charge in [0.15, 0.2) is 5.65 Å². The van der Waals surface area contributed by atoms with Crippen molar-refractivity contribution in [1.82, 2.24) is 14.3 Å². The second kappa shape index (κ2) is 4.67. The van der Waals surface area contributed by atoms with E-state index in [1.807, 2.05) is 22.7 Å². The first kappa shape index (κ1) is 11.1. The van der Waals surface area contributed by atoms with Gasteiger partial charge in [-0.25, -0.2) is 4.98 Å². The van der Waals surface area contributed by atoms with E-state index in [-0.39, 0.29) is 0 Å². The predicted molar refractivity (Wildman–Crippen MR) is 69.3 cm³/mol. The first-order chi connectivity index (χ1) is 8.33. The van der Waals surface area contributed by atoms with Crippen LogP contribution in [0.3, 0.4) is 0 Å². The number of rotatable bonds is 2. The van der Waals surface area contributed by atoms with Gasteiger partial charge in [0.1, 0.15) is 0 Å². The minimum absolute atomic E-state index is 0.720. The zero-order chi connectivity index (χ0) is 11.7. The molecule has 0 radical (unpaired) electrons. The van der Waals surface area contributed by atoms with Gasteiger partial charge in [0.2, 0.25) is 0 Å². The van der Waals surface area contributed by atoms with Crippen molar-refractivity contribution < 1.29 is 0 Å². The van der Waals surface area contributed by atoms with Crippen LogP contribution in [0.2, 0.25) is 5.02 Å². The van der Waals surface area contributed by atoms with Crippen LogP contribution in [0, 0.1) is 0 Å². The average Bonchev–Trinajstić information content (AvgIpc) is 2.74. The molecule has 90 valence electrons. The van der Waals surface area contributed by atoms with Gasteiger partial charge in [-0.05, 0) is 38.1 Å². The molecule has 0 spiro atoms. The lowest BCUT2D eigenvalue weighted by atomic mass is 10.1. The monoisotopic (exact) mass is 249 g/mol. The Labute approximate surface area is 106 Å². The number of fused-ring (bicyclic) bond motifs is 1. The molecule has 0 unspecified atom stereocenters. The maximum Gasteiger partial charge on any atom is 0.155 e. The van der Waals surface area contributed by atoms with Gasteiger partial charge in [0.25, 0.3) is 0 Å². The second-order valence-corrected chi connectivity index (χ2v) is 5.06. The number of halogens is 1. The lowest BCUT2D eigenvalue weighted by Crippen LogP contribution is -2.29. The van der Waals surface area contributed by atoms with Crippen molar-refractivity contribution in [2.45, 2.75) is 25.8 Å². The van der Waals surface area contributed by atoms with Crippen molar-refractivity contribution >= 4 is 17.2 Å². The first-order valence-electron chi connectivity index (χ1n) is 6.17. The molecule has 0 aliphatic carbocycles. The number of pyridine rings is 1. The number of hydrogen-bond acceptors (Lipinski definition) is 2. The zero-order valence-corrected chi connectivity index (χ0v) is 10.5. The first-order valence-corrected chi connectivity index (χ1v) is 6.55. The molecule has 2 aromatic heterocycles. The van der Waals surface area contributed by atoms with Gasteiger partial charge in [0, 0.05) is 18.9 Å². The number of piperidine rings is 1. The molecule has 1 saturated heterocycles. The highest BCUT2D eigenvalue weighted by Crippen LogP contribution is 2.18. The highest BCUT2D eigenvalue weighted by Gasteiger charge is 2.12. The highest BCUT2D eigenvalue weighted by atomic mass is 35.5. The van der Waals surface area contributed by atoms with E-state index in [1.165, 1.54) is 32.4 Å². The summed E-state index contributed by atoms with van der Waals surface area (Å²) in [5.41, 5.74) is 1.97. The van der Waals surface area contributed by atoms with Gasteiger partial charge in [-0.1, -0.05) is 18.0 Å². The summed E-state index contributed by atoms with van der Waals surface area (Å²) in [4.78, 5) is 7.07. The van der Waals surface area contributed by atoms with Crippen LogP contribution < -0.4 is 0 Å². The van der Waals surface area contributed by atoms with Crippen molar-refractivity contribution in [3.63, 3.8) is 0 Å². The molecule has 0 bridgehead atoms. The van der Waals surface area contributed by atoms with Crippen LogP contribution in [0.15, 0.2) is 24.5 Å². The Morgan fingerprint density at radius 2 is 2.06 bits per heavy atom. The van der Waals surface area contributed by atoms with E-state index in [2.05, 4.69) is 16.1 Å². The Morgan fingerprint density at radius 1 is 1.24 bits per heavy atom. The molecule has 1 aliphatic heterocycles. The summed E-state index contributed by atoms with van der Waals surface area (Å²) in [6.45, 7) is 3.33. The van der Waals surface area contributed by atoms with Crippen LogP contribution in [0.1, 0.15) is 25.0 Å². The smallest absolute Gasteiger partial charge is 0.155 e. The minimum atomic E-state index is 0.720. The van der Waals surface area contributed by atoms with Crippen molar-refractivity contribution in [2.24, 2.45) is 0 Å². The number of aromatic nitrogens is 2. The SMILES string of the molecule is Clc1cccn2cc(CN3CCCCC3)nc12. The molecule has 1 fully saturated rings. The molecular formula is C13H16ClN3. The average molecular weight is 250 g/mol. The van der Waals surface area contributed by atoms with Crippen molar-refractivity contribution in [3.05, 3.63) is 35.2 Å². The van der Waals surface area contributed by atoms with E-state index in [1.54, 1.807) is 0 Å². The van der Waals surface area contributed by atoms with E-state index in [9.17, 15) is 0 Å². The van der Waals surface area contributed by atoms with Crippen molar-refractivity contribution in [3.8, 4) is 0 Å². The van der Waals surface area contributed by atoms with Crippen LogP contribution in [0.25, 0.3) is 5.65 Å². The fraction of sp³-hybridized carbons (Fsp3) is 0.462. The van der Waals surface area contributed by atoms with Crippen LogP contribution in [-0.2, 0) is 6.54 Å². The van der Waals surface area contributed by atoms with Crippen molar-refractivity contribution in [1.29, 1.82) is 0 Å². The van der Waals surface area contributed by atoms with E-state index >= 15 is 0 Å². The Kier molecular flexibility index (Phi) is 3.04. The highest BCUT2D eigenvalue weighted by molar-refractivity contribution is 6.33. The van der Waals surface area contributed by atoms with E-state index in [4.69, 9.17) is 11.6 Å². The molecule has 3 rings (SSSR count). The topological polar surface area (TPSA) is 20.5 Å². The molecule has 17 heavy (non-hydrogen) atoms. The Hall–Kier alpha value is -1.06. The second-order valence-electron chi connectivity index (χ2n) is 4.66. The van der Waals surface area contributed by atoms with Gasteiger partial charge < -0.3 is 4.40 Å². The predicted octanol–water partition coefficient (Wildman–Crippen LogP) is 2.97. The van der Waals surface area contributed by atoms with Crippen LogP contribution in [-0.4, -0.2) is 27.4 Å². The van der Waals surface area contributed by atoms with Gasteiger partial charge in [-0.2, -0.15) is 0 Å². The number of nitrogens with zero attached hydrogens (tertiary/aromatic N) is 3. The van der Waals surface area contributed by atoms with Crippen LogP contribution >= 0.6 is 11.6 Å². The van der Waals surface area contributed by atoms with Gasteiger partial charge in [-0.3, -0.25) is 4.90 Å². The van der Waals surface area contributed by atoms with Gasteiger partial charge in [-0.15, -0.1) is 0 Å².